The van der Waals surface area contributed by atoms with Crippen molar-refractivity contribution in [1.82, 2.24) is 10.4 Å². The second-order valence-electron chi connectivity index (χ2n) is 3.91. The molecular formula is C14H11BrN4O2. The number of aromatic nitrogens is 1. The molecule has 0 saturated carbocycles. The van der Waals surface area contributed by atoms with Crippen molar-refractivity contribution in [2.45, 2.75) is 0 Å². The highest BCUT2D eigenvalue weighted by molar-refractivity contribution is 9.10. The molecule has 21 heavy (non-hydrogen) atoms. The summed E-state index contributed by atoms with van der Waals surface area (Å²) in [7, 11) is 0. The second-order valence-corrected chi connectivity index (χ2v) is 4.77. The van der Waals surface area contributed by atoms with Crippen LogP contribution in [-0.4, -0.2) is 23.0 Å². The molecule has 1 heterocycles. The molecule has 2 rings (SSSR count). The van der Waals surface area contributed by atoms with Crippen LogP contribution < -0.4 is 10.7 Å². The lowest BCUT2D eigenvalue weighted by Gasteiger charge is -2.05. The molecule has 0 atom stereocenters. The molecule has 0 aliphatic rings. The monoisotopic (exact) mass is 346 g/mol. The Bertz CT molecular complexity index is 674. The molecule has 0 radical (unpaired) electrons. The predicted molar refractivity (Wildman–Crippen MR) is 82.7 cm³/mol. The van der Waals surface area contributed by atoms with Gasteiger partial charge < -0.3 is 5.32 Å². The number of hydrazone groups is 1. The van der Waals surface area contributed by atoms with E-state index in [1.165, 1.54) is 6.21 Å². The fourth-order valence-electron chi connectivity index (χ4n) is 1.41. The first-order chi connectivity index (χ1) is 10.2. The number of benzene rings is 1. The molecule has 1 aromatic heterocycles. The normalized spacial score (nSPS) is 10.3. The number of amides is 2. The number of carbonyl (C=O) groups excluding carboxylic acids is 2. The number of nitrogens with one attached hydrogen (secondary N) is 2. The lowest BCUT2D eigenvalue weighted by molar-refractivity contribution is -0.136. The van der Waals surface area contributed by atoms with Gasteiger partial charge in [-0.1, -0.05) is 12.1 Å². The van der Waals surface area contributed by atoms with Gasteiger partial charge in [0.1, 0.15) is 0 Å². The number of pyridine rings is 1. The molecule has 0 spiro atoms. The smallest absolute Gasteiger partial charge is 0.317 e. The van der Waals surface area contributed by atoms with Crippen LogP contribution >= 0.6 is 15.9 Å². The maximum Gasteiger partial charge on any atom is 0.329 e. The van der Waals surface area contributed by atoms with Crippen LogP contribution in [0, 0.1) is 0 Å². The maximum atomic E-state index is 11.7. The summed E-state index contributed by atoms with van der Waals surface area (Å²) in [4.78, 5) is 27.1. The van der Waals surface area contributed by atoms with Crippen LogP contribution in [0.1, 0.15) is 5.56 Å². The van der Waals surface area contributed by atoms with E-state index in [1.54, 1.807) is 48.8 Å². The molecular weight excluding hydrogens is 336 g/mol. The number of para-hydroxylation sites is 1. The van der Waals surface area contributed by atoms with Crippen molar-refractivity contribution in [3.05, 3.63) is 58.8 Å². The molecule has 0 fully saturated rings. The van der Waals surface area contributed by atoms with Gasteiger partial charge in [-0.3, -0.25) is 14.6 Å². The molecule has 0 saturated heterocycles. The Hall–Kier alpha value is -2.54. The van der Waals surface area contributed by atoms with Gasteiger partial charge in [-0.2, -0.15) is 5.10 Å². The van der Waals surface area contributed by atoms with Gasteiger partial charge in [0.2, 0.25) is 0 Å². The van der Waals surface area contributed by atoms with Crippen molar-refractivity contribution in [2.75, 3.05) is 5.32 Å². The SMILES string of the molecule is O=C(N/N=C/c1ccncc1)C(=O)Nc1ccccc1Br. The van der Waals surface area contributed by atoms with Crippen LogP contribution in [0.15, 0.2) is 58.4 Å². The predicted octanol–water partition coefficient (Wildman–Crippen LogP) is 1.93. The van der Waals surface area contributed by atoms with Gasteiger partial charge in [-0.15, -0.1) is 0 Å². The molecule has 2 N–H and O–H groups in total. The van der Waals surface area contributed by atoms with Crippen molar-refractivity contribution >= 4 is 39.6 Å². The Labute approximate surface area is 129 Å². The van der Waals surface area contributed by atoms with E-state index in [0.717, 1.165) is 5.56 Å². The Kier molecular flexibility index (Phi) is 5.16. The molecule has 2 aromatic rings. The van der Waals surface area contributed by atoms with E-state index in [9.17, 15) is 9.59 Å². The summed E-state index contributed by atoms with van der Waals surface area (Å²) >= 11 is 3.28. The molecule has 106 valence electrons. The standard InChI is InChI=1S/C14H11BrN4O2/c15-11-3-1-2-4-12(11)18-13(20)14(21)19-17-9-10-5-7-16-8-6-10/h1-9H,(H,18,20)(H,19,21)/b17-9+. The average Bonchev–Trinajstić information content (AvgIpc) is 2.50. The van der Waals surface area contributed by atoms with Crippen molar-refractivity contribution in [1.29, 1.82) is 0 Å². The van der Waals surface area contributed by atoms with Gasteiger partial charge in [0, 0.05) is 16.9 Å². The van der Waals surface area contributed by atoms with Crippen LogP contribution in [0.5, 0.6) is 0 Å². The first-order valence-electron chi connectivity index (χ1n) is 5.96. The summed E-state index contributed by atoms with van der Waals surface area (Å²) < 4.78 is 0.687. The van der Waals surface area contributed by atoms with E-state index in [0.29, 0.717) is 10.2 Å². The van der Waals surface area contributed by atoms with Crippen molar-refractivity contribution in [3.63, 3.8) is 0 Å². The summed E-state index contributed by atoms with van der Waals surface area (Å²) in [5.41, 5.74) is 3.42. The number of hydrogen-bond acceptors (Lipinski definition) is 4. The molecule has 0 unspecified atom stereocenters. The van der Waals surface area contributed by atoms with Gasteiger partial charge in [0.05, 0.1) is 11.9 Å². The number of carbonyl (C=O) groups is 2. The van der Waals surface area contributed by atoms with E-state index in [-0.39, 0.29) is 0 Å². The van der Waals surface area contributed by atoms with Crippen molar-refractivity contribution in [2.24, 2.45) is 5.10 Å². The fourth-order valence-corrected chi connectivity index (χ4v) is 1.79. The highest BCUT2D eigenvalue weighted by Crippen LogP contribution is 2.20. The minimum atomic E-state index is -0.851. The fraction of sp³-hybridized carbons (Fsp3) is 0. The zero-order valence-corrected chi connectivity index (χ0v) is 12.4. The first kappa shape index (κ1) is 14.9. The van der Waals surface area contributed by atoms with Crippen LogP contribution in [0.25, 0.3) is 0 Å². The zero-order valence-electron chi connectivity index (χ0n) is 10.8. The molecule has 0 aliphatic heterocycles. The number of hydrogen-bond donors (Lipinski definition) is 2. The molecule has 1 aromatic carbocycles. The van der Waals surface area contributed by atoms with E-state index in [4.69, 9.17) is 0 Å². The van der Waals surface area contributed by atoms with E-state index in [2.05, 4.69) is 36.8 Å². The zero-order chi connectivity index (χ0) is 15.1. The average molecular weight is 347 g/mol. The minimum Gasteiger partial charge on any atom is -0.317 e. The molecule has 6 nitrogen and oxygen atoms in total. The number of anilines is 1. The van der Waals surface area contributed by atoms with Crippen molar-refractivity contribution < 1.29 is 9.59 Å². The maximum absolute atomic E-state index is 11.7. The largest absolute Gasteiger partial charge is 0.329 e. The Morgan fingerprint density at radius 2 is 1.81 bits per heavy atom. The van der Waals surface area contributed by atoms with Crippen LogP contribution in [-0.2, 0) is 9.59 Å². The number of nitrogens with zero attached hydrogens (tertiary/aromatic N) is 2. The molecule has 7 heteroatoms. The van der Waals surface area contributed by atoms with Gasteiger partial charge >= 0.3 is 11.8 Å². The Morgan fingerprint density at radius 1 is 1.10 bits per heavy atom. The third-order valence-corrected chi connectivity index (χ3v) is 3.11. The summed E-state index contributed by atoms with van der Waals surface area (Å²) in [5.74, 6) is -1.65. The van der Waals surface area contributed by atoms with Crippen LogP contribution in [0.3, 0.4) is 0 Å². The summed E-state index contributed by atoms with van der Waals surface area (Å²) in [5, 5.41) is 6.18. The number of halogens is 1. The van der Waals surface area contributed by atoms with Crippen LogP contribution in [0.2, 0.25) is 0 Å². The van der Waals surface area contributed by atoms with Gasteiger partial charge in [-0.25, -0.2) is 5.43 Å². The van der Waals surface area contributed by atoms with Gasteiger partial charge in [0.25, 0.3) is 0 Å². The summed E-state index contributed by atoms with van der Waals surface area (Å²) in [6, 6.07) is 10.4. The van der Waals surface area contributed by atoms with Crippen molar-refractivity contribution in [3.8, 4) is 0 Å². The van der Waals surface area contributed by atoms with E-state index in [1.807, 2.05) is 0 Å². The van der Waals surface area contributed by atoms with Gasteiger partial charge in [-0.05, 0) is 45.8 Å². The topological polar surface area (TPSA) is 83.5 Å². The highest BCUT2D eigenvalue weighted by Gasteiger charge is 2.13. The highest BCUT2D eigenvalue weighted by atomic mass is 79.9. The van der Waals surface area contributed by atoms with E-state index >= 15 is 0 Å². The third-order valence-electron chi connectivity index (χ3n) is 2.41. The minimum absolute atomic E-state index is 0.510. The van der Waals surface area contributed by atoms with Gasteiger partial charge in [0.15, 0.2) is 0 Å². The summed E-state index contributed by atoms with van der Waals surface area (Å²) in [6.45, 7) is 0. The lowest BCUT2D eigenvalue weighted by atomic mass is 10.3. The lowest BCUT2D eigenvalue weighted by Crippen LogP contribution is -2.32. The summed E-state index contributed by atoms with van der Waals surface area (Å²) in [6.07, 6.45) is 4.62. The Balaban J connectivity index is 1.90. The molecule has 0 bridgehead atoms. The molecule has 0 aliphatic carbocycles. The van der Waals surface area contributed by atoms with E-state index < -0.39 is 11.8 Å². The first-order valence-corrected chi connectivity index (χ1v) is 6.75. The molecule has 2 amide bonds. The quantitative estimate of drug-likeness (QED) is 0.506. The third kappa shape index (κ3) is 4.50. The van der Waals surface area contributed by atoms with Crippen LogP contribution in [0.4, 0.5) is 5.69 Å². The Morgan fingerprint density at radius 3 is 2.52 bits per heavy atom. The number of rotatable bonds is 3. The second kappa shape index (κ2) is 7.30.